The second-order valence-corrected chi connectivity index (χ2v) is 10.1. The van der Waals surface area contributed by atoms with E-state index in [0.29, 0.717) is 18.5 Å². The van der Waals surface area contributed by atoms with Crippen LogP contribution in [-0.4, -0.2) is 86.6 Å². The van der Waals surface area contributed by atoms with Crippen molar-refractivity contribution in [2.45, 2.75) is 75.2 Å². The van der Waals surface area contributed by atoms with Gasteiger partial charge in [0.15, 0.2) is 17.6 Å². The Balaban J connectivity index is 1.55. The molecule has 2 heterocycles. The molecule has 5 atom stereocenters. The van der Waals surface area contributed by atoms with Crippen LogP contribution in [0.2, 0.25) is 0 Å². The molecule has 38 heavy (non-hydrogen) atoms. The van der Waals surface area contributed by atoms with E-state index in [1.807, 2.05) is 25.8 Å². The number of carbonyl (C=O) groups excluding carboxylic acids is 2. The van der Waals surface area contributed by atoms with Crippen molar-refractivity contribution in [3.8, 4) is 11.5 Å². The number of aryl methyl sites for hydroxylation is 1. The zero-order chi connectivity index (χ0) is 28.0. The summed E-state index contributed by atoms with van der Waals surface area (Å²) in [5.74, 6) is -4.66. The van der Waals surface area contributed by atoms with Gasteiger partial charge in [-0.2, -0.15) is 0 Å². The number of nitrogens with zero attached hydrogens (tertiary/aromatic N) is 1. The molecule has 4 rings (SSSR count). The molecule has 1 aromatic rings. The average molecular weight is 534 g/mol. The monoisotopic (exact) mass is 533 g/mol. The molecule has 1 spiro atoms. The number of hydrogen-bond acceptors (Lipinski definition) is 10. The van der Waals surface area contributed by atoms with Crippen molar-refractivity contribution in [2.75, 3.05) is 13.6 Å². The molecule has 0 radical (unpaired) electrons. The van der Waals surface area contributed by atoms with Crippen LogP contribution in [0.5, 0.6) is 11.5 Å². The number of rotatable bonds is 8. The van der Waals surface area contributed by atoms with Gasteiger partial charge in [-0.1, -0.05) is 6.07 Å². The third-order valence-electron chi connectivity index (χ3n) is 8.01. The van der Waals surface area contributed by atoms with Crippen molar-refractivity contribution in [3.63, 3.8) is 0 Å². The minimum atomic E-state index is -1.87. The van der Waals surface area contributed by atoms with Crippen molar-refractivity contribution in [1.29, 1.82) is 0 Å². The largest absolute Gasteiger partial charge is 0.504 e. The van der Waals surface area contributed by atoms with Gasteiger partial charge in [0.1, 0.15) is 5.76 Å². The molecular weight excluding hydrogens is 502 g/mol. The van der Waals surface area contributed by atoms with Crippen LogP contribution < -0.4 is 4.74 Å². The lowest BCUT2D eigenvalue weighted by Gasteiger charge is -2.58. The van der Waals surface area contributed by atoms with E-state index >= 15 is 0 Å². The van der Waals surface area contributed by atoms with Gasteiger partial charge in [-0.25, -0.2) is 4.79 Å². The fraction of sp³-hybridized carbons (Fsp3) is 0.538. The summed E-state index contributed by atoms with van der Waals surface area (Å²) in [6.07, 6.45) is -2.50. The Morgan fingerprint density at radius 3 is 2.53 bits per heavy atom. The standard InChI is InChI=1S/C26H31NO11/c1-13-4-5-15(28)22-21(13)25-10-11-27(3)14(2)26(25,35)9-8-16(23(25)38-22)36-19(31)6-7-20(32)37-17(24(33)34)12-18(29)30/h4-5,8,14,17,23,28,35H,6-7,9-12H2,1-3H3,(H,29,30)(H,33,34)/t14-,17-,23+,25+,26-/m1/s1. The maximum Gasteiger partial charge on any atom is 0.345 e. The van der Waals surface area contributed by atoms with Crippen molar-refractivity contribution < 1.29 is 53.8 Å². The summed E-state index contributed by atoms with van der Waals surface area (Å²) in [4.78, 5) is 48.7. The van der Waals surface area contributed by atoms with Gasteiger partial charge in [0.05, 0.1) is 30.3 Å². The number of piperidine rings is 1. The van der Waals surface area contributed by atoms with Crippen LogP contribution in [0.15, 0.2) is 24.0 Å². The molecule has 1 fully saturated rings. The van der Waals surface area contributed by atoms with Crippen LogP contribution in [0.25, 0.3) is 0 Å². The number of aliphatic carboxylic acids is 2. The number of carbonyl (C=O) groups is 4. The Hall–Kier alpha value is -3.64. The lowest BCUT2D eigenvalue weighted by Crippen LogP contribution is -2.71. The first-order chi connectivity index (χ1) is 17.8. The van der Waals surface area contributed by atoms with Gasteiger partial charge < -0.3 is 39.5 Å². The highest BCUT2D eigenvalue weighted by Crippen LogP contribution is 2.62. The van der Waals surface area contributed by atoms with Gasteiger partial charge >= 0.3 is 23.9 Å². The van der Waals surface area contributed by atoms with E-state index in [-0.39, 0.29) is 29.7 Å². The lowest BCUT2D eigenvalue weighted by molar-refractivity contribution is -0.168. The molecule has 1 aromatic carbocycles. The third-order valence-corrected chi connectivity index (χ3v) is 8.01. The number of hydrogen-bond donors (Lipinski definition) is 4. The topological polar surface area (TPSA) is 180 Å². The number of aliphatic hydroxyl groups is 1. The van der Waals surface area contributed by atoms with Crippen molar-refractivity contribution in [3.05, 3.63) is 35.1 Å². The third kappa shape index (κ3) is 4.37. The highest BCUT2D eigenvalue weighted by atomic mass is 16.6. The smallest absolute Gasteiger partial charge is 0.345 e. The number of ether oxygens (including phenoxy) is 3. The number of carboxylic acid groups (broad SMARTS) is 2. The summed E-state index contributed by atoms with van der Waals surface area (Å²) in [5.41, 5.74) is -0.815. The second kappa shape index (κ2) is 9.91. The number of phenols is 1. The van der Waals surface area contributed by atoms with Gasteiger partial charge in [0.2, 0.25) is 6.10 Å². The lowest BCUT2D eigenvalue weighted by atomic mass is 9.54. The normalized spacial score (nSPS) is 28.6. The molecule has 0 saturated carbocycles. The number of benzene rings is 1. The van der Waals surface area contributed by atoms with E-state index in [1.54, 1.807) is 12.1 Å². The quantitative estimate of drug-likeness (QED) is 0.352. The number of aromatic hydroxyl groups is 1. The van der Waals surface area contributed by atoms with Crippen molar-refractivity contribution in [2.24, 2.45) is 0 Å². The van der Waals surface area contributed by atoms with Crippen LogP contribution in [0.3, 0.4) is 0 Å². The van der Waals surface area contributed by atoms with Gasteiger partial charge in [-0.05, 0) is 51.6 Å². The van der Waals surface area contributed by atoms with E-state index in [9.17, 15) is 29.4 Å². The van der Waals surface area contributed by atoms with Crippen LogP contribution in [0.4, 0.5) is 0 Å². The fourth-order valence-corrected chi connectivity index (χ4v) is 5.95. The van der Waals surface area contributed by atoms with E-state index in [4.69, 9.17) is 19.7 Å². The fourth-order valence-electron chi connectivity index (χ4n) is 5.95. The predicted molar refractivity (Wildman–Crippen MR) is 128 cm³/mol. The average Bonchev–Trinajstić information content (AvgIpc) is 3.22. The molecule has 1 aliphatic carbocycles. The Bertz CT molecular complexity index is 1210. The van der Waals surface area contributed by atoms with Crippen LogP contribution >= 0.6 is 0 Å². The van der Waals surface area contributed by atoms with Crippen LogP contribution in [0, 0.1) is 6.92 Å². The highest BCUT2D eigenvalue weighted by Gasteiger charge is 2.69. The minimum absolute atomic E-state index is 0.0916. The zero-order valence-electron chi connectivity index (χ0n) is 21.3. The minimum Gasteiger partial charge on any atom is -0.504 e. The van der Waals surface area contributed by atoms with Gasteiger partial charge in [0, 0.05) is 18.0 Å². The maximum absolute atomic E-state index is 12.7. The Morgan fingerprint density at radius 1 is 1.18 bits per heavy atom. The number of likely N-dealkylation sites (N-methyl/N-ethyl adjacent to an activating group) is 1. The SMILES string of the molecule is Cc1ccc(O)c2c1[C@]13CCN(C)[C@H](C)[C@]1(O)CC=C(OC(=O)CCC(=O)O[C@H](CC(=O)O)C(=O)O)[C@@H]3O2. The van der Waals surface area contributed by atoms with Crippen LogP contribution in [0.1, 0.15) is 50.2 Å². The number of esters is 2. The molecule has 0 unspecified atom stereocenters. The van der Waals surface area contributed by atoms with Crippen molar-refractivity contribution in [1.82, 2.24) is 4.90 Å². The number of carboxylic acids is 2. The zero-order valence-corrected chi connectivity index (χ0v) is 21.3. The highest BCUT2D eigenvalue weighted by molar-refractivity contribution is 5.84. The first-order valence-corrected chi connectivity index (χ1v) is 12.3. The second-order valence-electron chi connectivity index (χ2n) is 10.1. The van der Waals surface area contributed by atoms with E-state index in [2.05, 4.69) is 4.74 Å². The van der Waals surface area contributed by atoms with Gasteiger partial charge in [0.25, 0.3) is 0 Å². The molecule has 0 aromatic heterocycles. The molecule has 1 saturated heterocycles. The summed E-state index contributed by atoms with van der Waals surface area (Å²) in [7, 11) is 1.92. The van der Waals surface area contributed by atoms with Crippen LogP contribution in [-0.2, 0) is 34.1 Å². The molecule has 0 bridgehead atoms. The summed E-state index contributed by atoms with van der Waals surface area (Å²) < 4.78 is 16.5. The molecule has 2 aliphatic heterocycles. The molecule has 12 nitrogen and oxygen atoms in total. The van der Waals surface area contributed by atoms with E-state index < -0.39 is 66.4 Å². The Kier molecular flexibility index (Phi) is 7.15. The molecular formula is C26H31NO11. The molecule has 12 heteroatoms. The predicted octanol–water partition coefficient (Wildman–Crippen LogP) is 1.24. The number of fused-ring (bicyclic) bond motifs is 1. The summed E-state index contributed by atoms with van der Waals surface area (Å²) in [6, 6.07) is 2.98. The van der Waals surface area contributed by atoms with Gasteiger partial charge in [-0.15, -0.1) is 0 Å². The summed E-state index contributed by atoms with van der Waals surface area (Å²) >= 11 is 0. The van der Waals surface area contributed by atoms with E-state index in [0.717, 1.165) is 5.56 Å². The first-order valence-electron chi connectivity index (χ1n) is 12.3. The Morgan fingerprint density at radius 2 is 1.87 bits per heavy atom. The molecule has 206 valence electrons. The van der Waals surface area contributed by atoms with Gasteiger partial charge in [-0.3, -0.25) is 14.4 Å². The van der Waals surface area contributed by atoms with Crippen molar-refractivity contribution >= 4 is 23.9 Å². The number of phenolic OH excluding ortho intramolecular Hbond substituents is 1. The Labute approximate surface area is 218 Å². The molecule has 0 amide bonds. The summed E-state index contributed by atoms with van der Waals surface area (Å²) in [6.45, 7) is 4.40. The maximum atomic E-state index is 12.7. The number of likely N-dealkylation sites (tertiary alicyclic amines) is 1. The summed E-state index contributed by atoms with van der Waals surface area (Å²) in [5, 5.41) is 40.5. The first kappa shape index (κ1) is 27.4. The molecule has 3 aliphatic rings. The molecule has 4 N–H and O–H groups in total. The van der Waals surface area contributed by atoms with E-state index in [1.165, 1.54) is 6.07 Å².